The van der Waals surface area contributed by atoms with E-state index in [1.54, 1.807) is 24.0 Å². The molecule has 0 spiro atoms. The zero-order chi connectivity index (χ0) is 17.8. The summed E-state index contributed by atoms with van der Waals surface area (Å²) in [7, 11) is 0. The van der Waals surface area contributed by atoms with Gasteiger partial charge in [0.2, 0.25) is 5.91 Å². The number of carbonyl (C=O) groups is 2. The summed E-state index contributed by atoms with van der Waals surface area (Å²) in [5.41, 5.74) is 1.94. The summed E-state index contributed by atoms with van der Waals surface area (Å²) in [4.78, 5) is 26.3. The van der Waals surface area contributed by atoms with Crippen LogP contribution in [0.2, 0.25) is 0 Å². The van der Waals surface area contributed by atoms with E-state index in [2.05, 4.69) is 20.3 Å². The molecular formula is C17H19FN4O3. The average Bonchev–Trinajstić information content (AvgIpc) is 3.09. The maximum Gasteiger partial charge on any atom is 0.315 e. The first-order valence-corrected chi connectivity index (χ1v) is 8.06. The number of aromatic nitrogens is 1. The van der Waals surface area contributed by atoms with Crippen LogP contribution in [0.25, 0.3) is 0 Å². The number of piperidine rings is 1. The Labute approximate surface area is 144 Å². The molecule has 1 atom stereocenters. The molecule has 25 heavy (non-hydrogen) atoms. The van der Waals surface area contributed by atoms with Gasteiger partial charge in [-0.25, -0.2) is 9.18 Å². The van der Waals surface area contributed by atoms with Crippen molar-refractivity contribution in [1.82, 2.24) is 15.8 Å². The van der Waals surface area contributed by atoms with E-state index in [0.29, 0.717) is 29.9 Å². The van der Waals surface area contributed by atoms with Gasteiger partial charge in [0.05, 0.1) is 6.54 Å². The number of anilines is 1. The predicted octanol–water partition coefficient (Wildman–Crippen LogP) is 2.12. The normalized spacial score (nSPS) is 17.4. The third-order valence-corrected chi connectivity index (χ3v) is 4.11. The Morgan fingerprint density at radius 2 is 2.28 bits per heavy atom. The molecule has 8 heteroatoms. The van der Waals surface area contributed by atoms with E-state index < -0.39 is 12.1 Å². The first-order valence-electron chi connectivity index (χ1n) is 8.06. The van der Waals surface area contributed by atoms with E-state index in [9.17, 15) is 14.0 Å². The second kappa shape index (κ2) is 7.33. The minimum atomic E-state index is -0.615. The van der Waals surface area contributed by atoms with E-state index >= 15 is 0 Å². The van der Waals surface area contributed by atoms with E-state index in [1.807, 2.05) is 0 Å². The van der Waals surface area contributed by atoms with Gasteiger partial charge in [-0.3, -0.25) is 4.79 Å². The van der Waals surface area contributed by atoms with Crippen LogP contribution in [0.15, 0.2) is 35.1 Å². The smallest absolute Gasteiger partial charge is 0.315 e. The SMILES string of the molecule is Cc1cc(F)ccc1N1CCC[C@@H](NC(=O)NCc2ccon2)C1=O. The minimum absolute atomic E-state index is 0.197. The number of hydrogen-bond acceptors (Lipinski definition) is 4. The number of benzene rings is 1. The molecule has 0 aliphatic carbocycles. The summed E-state index contributed by atoms with van der Waals surface area (Å²) < 4.78 is 18.0. The summed E-state index contributed by atoms with van der Waals surface area (Å²) in [6.07, 6.45) is 2.73. The van der Waals surface area contributed by atoms with Crippen LogP contribution in [0, 0.1) is 12.7 Å². The van der Waals surface area contributed by atoms with Crippen LogP contribution in [0.3, 0.4) is 0 Å². The van der Waals surface area contributed by atoms with Crippen molar-refractivity contribution >= 4 is 17.6 Å². The number of halogens is 1. The molecule has 1 aliphatic heterocycles. The number of rotatable bonds is 4. The van der Waals surface area contributed by atoms with Crippen LogP contribution < -0.4 is 15.5 Å². The summed E-state index contributed by atoms with van der Waals surface area (Å²) in [5.74, 6) is -0.537. The van der Waals surface area contributed by atoms with Gasteiger partial charge in [-0.05, 0) is 43.5 Å². The van der Waals surface area contributed by atoms with E-state index in [-0.39, 0.29) is 18.3 Å². The van der Waals surface area contributed by atoms with Gasteiger partial charge in [-0.15, -0.1) is 0 Å². The highest BCUT2D eigenvalue weighted by Crippen LogP contribution is 2.25. The quantitative estimate of drug-likeness (QED) is 0.888. The Hall–Kier alpha value is -2.90. The average molecular weight is 346 g/mol. The molecule has 7 nitrogen and oxygen atoms in total. The minimum Gasteiger partial charge on any atom is -0.364 e. The fourth-order valence-electron chi connectivity index (χ4n) is 2.88. The monoisotopic (exact) mass is 346 g/mol. The molecule has 3 rings (SSSR count). The molecule has 1 fully saturated rings. The second-order valence-corrected chi connectivity index (χ2v) is 5.93. The molecule has 3 amide bonds. The summed E-state index contributed by atoms with van der Waals surface area (Å²) in [6, 6.07) is 4.90. The van der Waals surface area contributed by atoms with Gasteiger partial charge in [0.1, 0.15) is 23.8 Å². The Morgan fingerprint density at radius 3 is 3.00 bits per heavy atom. The first kappa shape index (κ1) is 16.9. The molecule has 1 aliphatic rings. The molecule has 0 saturated carbocycles. The lowest BCUT2D eigenvalue weighted by atomic mass is 10.0. The fourth-order valence-corrected chi connectivity index (χ4v) is 2.88. The maximum absolute atomic E-state index is 13.3. The van der Waals surface area contributed by atoms with Gasteiger partial charge >= 0.3 is 6.03 Å². The zero-order valence-corrected chi connectivity index (χ0v) is 13.8. The van der Waals surface area contributed by atoms with Crippen LogP contribution in [0.5, 0.6) is 0 Å². The molecule has 1 aromatic heterocycles. The first-order chi connectivity index (χ1) is 12.0. The summed E-state index contributed by atoms with van der Waals surface area (Å²) in [5, 5.41) is 9.02. The van der Waals surface area contributed by atoms with Gasteiger partial charge in [-0.2, -0.15) is 0 Å². The lowest BCUT2D eigenvalue weighted by Crippen LogP contribution is -2.54. The number of urea groups is 1. The lowest BCUT2D eigenvalue weighted by molar-refractivity contribution is -0.121. The number of nitrogens with zero attached hydrogens (tertiary/aromatic N) is 2. The van der Waals surface area contributed by atoms with Gasteiger partial charge in [0.25, 0.3) is 0 Å². The molecule has 0 radical (unpaired) electrons. The van der Waals surface area contributed by atoms with Crippen molar-refractivity contribution in [1.29, 1.82) is 0 Å². The van der Waals surface area contributed by atoms with Crippen molar-refractivity contribution in [2.45, 2.75) is 32.4 Å². The molecular weight excluding hydrogens is 327 g/mol. The molecule has 2 N–H and O–H groups in total. The van der Waals surface area contributed by atoms with Crippen molar-refractivity contribution in [2.24, 2.45) is 0 Å². The number of aryl methyl sites for hydroxylation is 1. The van der Waals surface area contributed by atoms with Gasteiger partial charge in [0.15, 0.2) is 0 Å². The highest BCUT2D eigenvalue weighted by atomic mass is 19.1. The van der Waals surface area contributed by atoms with Crippen molar-refractivity contribution in [3.05, 3.63) is 47.6 Å². The van der Waals surface area contributed by atoms with Gasteiger partial charge < -0.3 is 20.1 Å². The zero-order valence-electron chi connectivity index (χ0n) is 13.8. The molecule has 2 aromatic rings. The van der Waals surface area contributed by atoms with Crippen LogP contribution in [-0.2, 0) is 11.3 Å². The number of hydrogen-bond donors (Lipinski definition) is 2. The van der Waals surface area contributed by atoms with Crippen molar-refractivity contribution in [3.8, 4) is 0 Å². The molecule has 1 aromatic carbocycles. The van der Waals surface area contributed by atoms with Crippen LogP contribution in [0.1, 0.15) is 24.1 Å². The van der Waals surface area contributed by atoms with E-state index in [0.717, 1.165) is 6.42 Å². The molecule has 1 saturated heterocycles. The summed E-state index contributed by atoms with van der Waals surface area (Å²) >= 11 is 0. The van der Waals surface area contributed by atoms with Gasteiger partial charge in [-0.1, -0.05) is 5.16 Å². The molecule has 0 bridgehead atoms. The van der Waals surface area contributed by atoms with Crippen LogP contribution >= 0.6 is 0 Å². The van der Waals surface area contributed by atoms with E-state index in [4.69, 9.17) is 0 Å². The van der Waals surface area contributed by atoms with E-state index in [1.165, 1.54) is 18.4 Å². The van der Waals surface area contributed by atoms with Crippen molar-refractivity contribution in [2.75, 3.05) is 11.4 Å². The van der Waals surface area contributed by atoms with Crippen molar-refractivity contribution in [3.63, 3.8) is 0 Å². The highest BCUT2D eigenvalue weighted by molar-refractivity contribution is 6.00. The predicted molar refractivity (Wildman–Crippen MR) is 88.4 cm³/mol. The lowest BCUT2D eigenvalue weighted by Gasteiger charge is -2.33. The Kier molecular flexibility index (Phi) is 4.97. The Balaban J connectivity index is 1.62. The molecule has 2 heterocycles. The largest absolute Gasteiger partial charge is 0.364 e. The topological polar surface area (TPSA) is 87.5 Å². The summed E-state index contributed by atoms with van der Waals surface area (Å²) in [6.45, 7) is 2.52. The number of carbonyl (C=O) groups excluding carboxylic acids is 2. The molecule has 132 valence electrons. The number of amides is 3. The number of nitrogens with one attached hydrogen (secondary N) is 2. The van der Waals surface area contributed by atoms with Crippen LogP contribution in [0.4, 0.5) is 14.9 Å². The maximum atomic E-state index is 13.3. The second-order valence-electron chi connectivity index (χ2n) is 5.93. The fraction of sp³-hybridized carbons (Fsp3) is 0.353. The Morgan fingerprint density at radius 1 is 1.44 bits per heavy atom. The third-order valence-electron chi connectivity index (χ3n) is 4.11. The highest BCUT2D eigenvalue weighted by Gasteiger charge is 2.31. The standard InChI is InChI=1S/C17H19FN4O3/c1-11-9-12(18)4-5-15(11)22-7-2-3-14(16(22)23)20-17(24)19-10-13-6-8-25-21-13/h4-6,8-9,14H,2-3,7,10H2,1H3,(H2,19,20,24)/t14-/m1/s1. The third kappa shape index (κ3) is 3.96. The Bertz CT molecular complexity index is 763. The van der Waals surface area contributed by atoms with Crippen molar-refractivity contribution < 1.29 is 18.5 Å². The van der Waals surface area contributed by atoms with Crippen LogP contribution in [-0.4, -0.2) is 29.7 Å². The molecule has 0 unspecified atom stereocenters. The van der Waals surface area contributed by atoms with Gasteiger partial charge in [0, 0.05) is 18.3 Å².